The lowest BCUT2D eigenvalue weighted by molar-refractivity contribution is 0.893. The molecule has 22 heavy (non-hydrogen) atoms. The van der Waals surface area contributed by atoms with Gasteiger partial charge in [0.2, 0.25) is 0 Å². The summed E-state index contributed by atoms with van der Waals surface area (Å²) in [4.78, 5) is 11.9. The van der Waals surface area contributed by atoms with Gasteiger partial charge < -0.3 is 9.88 Å². The van der Waals surface area contributed by atoms with E-state index in [1.165, 1.54) is 0 Å². The second kappa shape index (κ2) is 5.83. The number of benzene rings is 1. The number of nitriles is 3. The number of hydrogen-bond donors (Lipinski definition) is 1. The third-order valence-electron chi connectivity index (χ3n) is 3.26. The molecular formula is C16H11N5O. The van der Waals surface area contributed by atoms with Gasteiger partial charge in [0.25, 0.3) is 5.56 Å². The van der Waals surface area contributed by atoms with Gasteiger partial charge in [-0.1, -0.05) is 0 Å². The van der Waals surface area contributed by atoms with Crippen LogP contribution in [0, 0.1) is 40.9 Å². The van der Waals surface area contributed by atoms with Crippen LogP contribution in [0.2, 0.25) is 0 Å². The van der Waals surface area contributed by atoms with Crippen molar-refractivity contribution < 1.29 is 0 Å². The quantitative estimate of drug-likeness (QED) is 0.852. The van der Waals surface area contributed by atoms with Crippen molar-refractivity contribution in [2.75, 3.05) is 5.32 Å². The number of pyridine rings is 1. The summed E-state index contributed by atoms with van der Waals surface area (Å²) in [7, 11) is 1.69. The molecule has 1 aromatic heterocycles. The first kappa shape index (κ1) is 14.8. The van der Waals surface area contributed by atoms with Crippen LogP contribution in [0.4, 0.5) is 5.69 Å². The van der Waals surface area contributed by atoms with Crippen LogP contribution in [0.25, 0.3) is 10.9 Å². The van der Waals surface area contributed by atoms with Crippen molar-refractivity contribution in [1.29, 1.82) is 15.8 Å². The smallest absolute Gasteiger partial charge is 0.253 e. The van der Waals surface area contributed by atoms with Crippen LogP contribution in [-0.4, -0.2) is 4.57 Å². The van der Waals surface area contributed by atoms with Crippen molar-refractivity contribution in [3.63, 3.8) is 0 Å². The summed E-state index contributed by atoms with van der Waals surface area (Å²) >= 11 is 0. The average molecular weight is 289 g/mol. The van der Waals surface area contributed by atoms with Crippen LogP contribution < -0.4 is 10.9 Å². The molecule has 0 aliphatic rings. The van der Waals surface area contributed by atoms with Crippen LogP contribution >= 0.6 is 0 Å². The van der Waals surface area contributed by atoms with Gasteiger partial charge in [0.05, 0.1) is 5.52 Å². The Morgan fingerprint density at radius 3 is 2.41 bits per heavy atom. The maximum absolute atomic E-state index is 11.9. The van der Waals surface area contributed by atoms with Gasteiger partial charge >= 0.3 is 0 Å². The minimum atomic E-state index is -0.278. The van der Waals surface area contributed by atoms with E-state index in [-0.39, 0.29) is 16.8 Å². The minimum Gasteiger partial charge on any atom is -0.345 e. The van der Waals surface area contributed by atoms with Crippen molar-refractivity contribution in [3.05, 3.63) is 51.5 Å². The first-order valence-corrected chi connectivity index (χ1v) is 6.33. The SMILES string of the molecule is Cc1cc2cc(NC(C#N)=C(C#N)C#N)ccc2n(C)c1=O. The molecule has 0 saturated heterocycles. The minimum absolute atomic E-state index is 0.0675. The Morgan fingerprint density at radius 1 is 1.14 bits per heavy atom. The largest absolute Gasteiger partial charge is 0.345 e. The maximum Gasteiger partial charge on any atom is 0.253 e. The molecule has 6 heteroatoms. The Hall–Kier alpha value is -3.56. The molecule has 0 aliphatic heterocycles. The van der Waals surface area contributed by atoms with Crippen molar-refractivity contribution in [1.82, 2.24) is 4.57 Å². The fraction of sp³-hybridized carbons (Fsp3) is 0.125. The standard InChI is InChI=1S/C16H11N5O/c1-10-5-11-6-13(3-4-15(11)21(2)16(10)22)20-14(9-19)12(7-17)8-18/h3-6,20H,1-2H3. The summed E-state index contributed by atoms with van der Waals surface area (Å²) in [6, 6.07) is 12.1. The second-order valence-electron chi connectivity index (χ2n) is 4.68. The van der Waals surface area contributed by atoms with Crippen molar-refractivity contribution in [3.8, 4) is 18.2 Å². The molecule has 0 atom stereocenters. The van der Waals surface area contributed by atoms with Gasteiger partial charge in [-0.3, -0.25) is 4.79 Å². The van der Waals surface area contributed by atoms with Gasteiger partial charge in [-0.25, -0.2) is 0 Å². The normalized spacial score (nSPS) is 9.41. The van der Waals surface area contributed by atoms with Gasteiger partial charge in [-0.15, -0.1) is 0 Å². The molecule has 2 rings (SSSR count). The molecule has 2 aromatic rings. The van der Waals surface area contributed by atoms with E-state index in [0.717, 1.165) is 10.9 Å². The number of aryl methyl sites for hydroxylation is 2. The Morgan fingerprint density at radius 2 is 1.82 bits per heavy atom. The highest BCUT2D eigenvalue weighted by atomic mass is 16.1. The Balaban J connectivity index is 2.57. The predicted octanol–water partition coefficient (Wildman–Crippen LogP) is 2.08. The lowest BCUT2D eigenvalue weighted by Crippen LogP contribution is -2.19. The number of anilines is 1. The number of allylic oxidation sites excluding steroid dienone is 2. The number of nitrogens with one attached hydrogen (secondary N) is 1. The topological polar surface area (TPSA) is 105 Å². The lowest BCUT2D eigenvalue weighted by atomic mass is 10.1. The number of hydrogen-bond acceptors (Lipinski definition) is 5. The lowest BCUT2D eigenvalue weighted by Gasteiger charge is -2.09. The molecule has 1 N–H and O–H groups in total. The number of rotatable bonds is 2. The van der Waals surface area contributed by atoms with Gasteiger partial charge in [0.1, 0.15) is 23.9 Å². The molecule has 1 aromatic carbocycles. The predicted molar refractivity (Wildman–Crippen MR) is 81.4 cm³/mol. The summed E-state index contributed by atoms with van der Waals surface area (Å²) in [5.74, 6) is 0. The van der Waals surface area contributed by atoms with E-state index in [9.17, 15) is 4.79 Å². The number of fused-ring (bicyclic) bond motifs is 1. The first-order chi connectivity index (χ1) is 10.5. The van der Waals surface area contributed by atoms with Crippen molar-refractivity contribution >= 4 is 16.6 Å². The third kappa shape index (κ3) is 2.52. The molecule has 0 fully saturated rings. The highest BCUT2D eigenvalue weighted by Crippen LogP contribution is 2.20. The van der Waals surface area contributed by atoms with Crippen molar-refractivity contribution in [2.45, 2.75) is 6.92 Å². The molecule has 0 amide bonds. The molecule has 0 radical (unpaired) electrons. The summed E-state index contributed by atoms with van der Waals surface area (Å²) in [5.41, 5.74) is 1.47. The zero-order valence-electron chi connectivity index (χ0n) is 12.0. The summed E-state index contributed by atoms with van der Waals surface area (Å²) < 4.78 is 1.55. The van der Waals surface area contributed by atoms with E-state index in [1.54, 1.807) is 61.0 Å². The maximum atomic E-state index is 11.9. The van der Waals surface area contributed by atoms with E-state index < -0.39 is 0 Å². The Kier molecular flexibility index (Phi) is 3.93. The molecular weight excluding hydrogens is 278 g/mol. The highest BCUT2D eigenvalue weighted by Gasteiger charge is 2.08. The van der Waals surface area contributed by atoms with Crippen LogP contribution in [-0.2, 0) is 7.05 Å². The summed E-state index contributed by atoms with van der Waals surface area (Å²) in [6.07, 6.45) is 0. The molecule has 0 spiro atoms. The van der Waals surface area contributed by atoms with Crippen molar-refractivity contribution in [2.24, 2.45) is 7.05 Å². The van der Waals surface area contributed by atoms with Crippen LogP contribution in [0.1, 0.15) is 5.56 Å². The Labute approximate surface area is 126 Å². The zero-order valence-corrected chi connectivity index (χ0v) is 12.0. The second-order valence-corrected chi connectivity index (χ2v) is 4.68. The molecule has 0 aliphatic carbocycles. The highest BCUT2D eigenvalue weighted by molar-refractivity contribution is 5.84. The zero-order chi connectivity index (χ0) is 16.3. The van der Waals surface area contributed by atoms with Gasteiger partial charge in [-0.2, -0.15) is 15.8 Å². The molecule has 106 valence electrons. The van der Waals surface area contributed by atoms with E-state index in [1.807, 2.05) is 0 Å². The fourth-order valence-electron chi connectivity index (χ4n) is 2.15. The first-order valence-electron chi connectivity index (χ1n) is 6.33. The van der Waals surface area contributed by atoms with E-state index in [0.29, 0.717) is 11.3 Å². The molecule has 0 unspecified atom stereocenters. The monoisotopic (exact) mass is 289 g/mol. The summed E-state index contributed by atoms with van der Waals surface area (Å²) in [6.45, 7) is 1.73. The average Bonchev–Trinajstić information content (AvgIpc) is 2.52. The van der Waals surface area contributed by atoms with Gasteiger partial charge in [-0.05, 0) is 31.2 Å². The van der Waals surface area contributed by atoms with Gasteiger partial charge in [0, 0.05) is 23.7 Å². The van der Waals surface area contributed by atoms with Crippen LogP contribution in [0.3, 0.4) is 0 Å². The van der Waals surface area contributed by atoms with E-state index in [4.69, 9.17) is 15.8 Å². The van der Waals surface area contributed by atoms with Crippen LogP contribution in [0.5, 0.6) is 0 Å². The van der Waals surface area contributed by atoms with Crippen LogP contribution in [0.15, 0.2) is 40.3 Å². The Bertz CT molecular complexity index is 961. The fourth-order valence-corrected chi connectivity index (χ4v) is 2.15. The number of aromatic nitrogens is 1. The summed E-state index contributed by atoms with van der Waals surface area (Å²) in [5, 5.41) is 30.3. The van der Waals surface area contributed by atoms with Gasteiger partial charge in [0.15, 0.2) is 5.57 Å². The molecule has 1 heterocycles. The number of nitrogens with zero attached hydrogens (tertiary/aromatic N) is 4. The molecule has 0 saturated carbocycles. The third-order valence-corrected chi connectivity index (χ3v) is 3.26. The van der Waals surface area contributed by atoms with E-state index in [2.05, 4.69) is 5.32 Å². The molecule has 6 nitrogen and oxygen atoms in total. The van der Waals surface area contributed by atoms with E-state index >= 15 is 0 Å². The molecule has 0 bridgehead atoms.